The molecule has 4 rings (SSSR count). The summed E-state index contributed by atoms with van der Waals surface area (Å²) in [6, 6.07) is 19.1. The van der Waals surface area contributed by atoms with Crippen LogP contribution in [0, 0.1) is 0 Å². The van der Waals surface area contributed by atoms with Crippen LogP contribution in [-0.2, 0) is 0 Å². The Kier molecular flexibility index (Phi) is 6.68. The number of anilines is 1. The van der Waals surface area contributed by atoms with Gasteiger partial charge in [0.25, 0.3) is 0 Å². The van der Waals surface area contributed by atoms with E-state index >= 15 is 0 Å². The summed E-state index contributed by atoms with van der Waals surface area (Å²) < 4.78 is 1.25. The van der Waals surface area contributed by atoms with Gasteiger partial charge in [0.15, 0.2) is 5.13 Å². The second-order valence-corrected chi connectivity index (χ2v) is 9.46. The minimum absolute atomic E-state index is 0.998. The van der Waals surface area contributed by atoms with Crippen LogP contribution in [0.5, 0.6) is 0 Å². The van der Waals surface area contributed by atoms with Gasteiger partial charge in [-0.3, -0.25) is 4.90 Å². The van der Waals surface area contributed by atoms with Crippen LogP contribution in [0.15, 0.2) is 70.0 Å². The standard InChI is InChI=1S/C23H27N3S2/c1-18-17-26(16-13-21(18)27-19-9-3-2-4-10-19)15-8-7-14-24-23-25-20-11-5-6-12-22(20)28-23/h2-6,9-12H,7-8,13-17H2,1H3,(H,24,25). The first kappa shape index (κ1) is 19.5. The van der Waals surface area contributed by atoms with E-state index < -0.39 is 0 Å². The number of hydrogen-bond donors (Lipinski definition) is 1. The monoisotopic (exact) mass is 409 g/mol. The second-order valence-electron chi connectivity index (χ2n) is 7.27. The van der Waals surface area contributed by atoms with Gasteiger partial charge >= 0.3 is 0 Å². The molecule has 1 N–H and O–H groups in total. The van der Waals surface area contributed by atoms with E-state index in [1.807, 2.05) is 17.8 Å². The van der Waals surface area contributed by atoms with Gasteiger partial charge < -0.3 is 5.32 Å². The maximum Gasteiger partial charge on any atom is 0.183 e. The molecule has 28 heavy (non-hydrogen) atoms. The Morgan fingerprint density at radius 2 is 1.89 bits per heavy atom. The van der Waals surface area contributed by atoms with Gasteiger partial charge in [0.1, 0.15) is 0 Å². The van der Waals surface area contributed by atoms with Gasteiger partial charge in [0.05, 0.1) is 10.2 Å². The Bertz CT molecular complexity index is 900. The molecule has 2 aromatic carbocycles. The fraction of sp³-hybridized carbons (Fsp3) is 0.348. The van der Waals surface area contributed by atoms with Crippen LogP contribution in [0.1, 0.15) is 26.2 Å². The molecule has 2 heterocycles. The van der Waals surface area contributed by atoms with E-state index in [0.29, 0.717) is 0 Å². The number of thiazole rings is 1. The summed E-state index contributed by atoms with van der Waals surface area (Å²) in [6.07, 6.45) is 3.59. The van der Waals surface area contributed by atoms with Crippen LogP contribution in [0.4, 0.5) is 5.13 Å². The highest BCUT2D eigenvalue weighted by Crippen LogP contribution is 2.33. The number of fused-ring (bicyclic) bond motifs is 1. The van der Waals surface area contributed by atoms with Crippen LogP contribution in [-0.4, -0.2) is 36.1 Å². The predicted molar refractivity (Wildman–Crippen MR) is 123 cm³/mol. The van der Waals surface area contributed by atoms with Crippen LogP contribution < -0.4 is 5.32 Å². The number of nitrogens with zero attached hydrogens (tertiary/aromatic N) is 2. The van der Waals surface area contributed by atoms with Gasteiger partial charge in [0.2, 0.25) is 0 Å². The van der Waals surface area contributed by atoms with Crippen molar-refractivity contribution >= 4 is 38.4 Å². The topological polar surface area (TPSA) is 28.2 Å². The predicted octanol–water partition coefficient (Wildman–Crippen LogP) is 6.26. The lowest BCUT2D eigenvalue weighted by atomic mass is 10.1. The summed E-state index contributed by atoms with van der Waals surface area (Å²) in [6.45, 7) is 6.77. The highest BCUT2D eigenvalue weighted by atomic mass is 32.2. The summed E-state index contributed by atoms with van der Waals surface area (Å²) in [5, 5.41) is 4.53. The molecule has 0 spiro atoms. The third-order valence-corrected chi connectivity index (χ3v) is 7.35. The van der Waals surface area contributed by atoms with E-state index in [2.05, 4.69) is 70.7 Å². The molecular weight excluding hydrogens is 382 g/mol. The van der Waals surface area contributed by atoms with E-state index in [4.69, 9.17) is 0 Å². The quantitative estimate of drug-likeness (QED) is 0.444. The lowest BCUT2D eigenvalue weighted by Gasteiger charge is -2.29. The van der Waals surface area contributed by atoms with Crippen molar-refractivity contribution in [3.05, 3.63) is 65.1 Å². The highest BCUT2D eigenvalue weighted by Gasteiger charge is 2.16. The third kappa shape index (κ3) is 5.16. The molecule has 1 aliphatic rings. The first-order valence-electron chi connectivity index (χ1n) is 10.0. The zero-order valence-electron chi connectivity index (χ0n) is 16.4. The zero-order valence-corrected chi connectivity index (χ0v) is 18.0. The smallest absolute Gasteiger partial charge is 0.183 e. The summed E-state index contributed by atoms with van der Waals surface area (Å²) in [5.74, 6) is 0. The van der Waals surface area contributed by atoms with E-state index in [9.17, 15) is 0 Å². The molecule has 5 heteroatoms. The highest BCUT2D eigenvalue weighted by molar-refractivity contribution is 8.03. The van der Waals surface area contributed by atoms with Gasteiger partial charge in [-0.25, -0.2) is 4.98 Å². The van der Waals surface area contributed by atoms with Gasteiger partial charge in [-0.1, -0.05) is 53.4 Å². The molecule has 0 saturated heterocycles. The van der Waals surface area contributed by atoms with Crippen molar-refractivity contribution in [3.8, 4) is 0 Å². The number of para-hydroxylation sites is 1. The van der Waals surface area contributed by atoms with Gasteiger partial charge in [0, 0.05) is 24.5 Å². The lowest BCUT2D eigenvalue weighted by molar-refractivity contribution is 0.284. The minimum atomic E-state index is 0.998. The zero-order chi connectivity index (χ0) is 19.2. The molecule has 1 aromatic heterocycles. The lowest BCUT2D eigenvalue weighted by Crippen LogP contribution is -2.31. The molecule has 0 atom stereocenters. The molecule has 146 valence electrons. The number of thioether (sulfide) groups is 1. The number of unbranched alkanes of at least 4 members (excludes halogenated alkanes) is 1. The summed E-state index contributed by atoms with van der Waals surface area (Å²) in [7, 11) is 0. The molecule has 0 radical (unpaired) electrons. The van der Waals surface area contributed by atoms with Crippen molar-refractivity contribution < 1.29 is 0 Å². The van der Waals surface area contributed by atoms with Crippen molar-refractivity contribution in [3.63, 3.8) is 0 Å². The molecule has 0 aliphatic carbocycles. The summed E-state index contributed by atoms with van der Waals surface area (Å²) >= 11 is 3.69. The van der Waals surface area contributed by atoms with E-state index in [-0.39, 0.29) is 0 Å². The molecule has 0 bridgehead atoms. The van der Waals surface area contributed by atoms with Crippen LogP contribution in [0.25, 0.3) is 10.2 Å². The maximum atomic E-state index is 4.64. The first-order chi connectivity index (χ1) is 13.8. The summed E-state index contributed by atoms with van der Waals surface area (Å²) in [5.41, 5.74) is 2.63. The molecule has 0 saturated carbocycles. The average molecular weight is 410 g/mol. The SMILES string of the molecule is CC1=C(Sc2ccccc2)CCN(CCCCNc2nc3ccccc3s2)C1. The van der Waals surface area contributed by atoms with Crippen LogP contribution in [0.2, 0.25) is 0 Å². The Morgan fingerprint density at radius 3 is 2.71 bits per heavy atom. The van der Waals surface area contributed by atoms with Gasteiger partial charge in [-0.2, -0.15) is 0 Å². The first-order valence-corrected chi connectivity index (χ1v) is 11.6. The molecule has 0 fully saturated rings. The van der Waals surface area contributed by atoms with E-state index in [1.54, 1.807) is 16.2 Å². The van der Waals surface area contributed by atoms with Crippen molar-refractivity contribution in [2.75, 3.05) is 31.5 Å². The molecular formula is C23H27N3S2. The van der Waals surface area contributed by atoms with Crippen LogP contribution >= 0.6 is 23.1 Å². The molecule has 3 aromatic rings. The Labute approximate surface area is 175 Å². The molecule has 1 aliphatic heterocycles. The molecule has 3 nitrogen and oxygen atoms in total. The fourth-order valence-electron chi connectivity index (χ4n) is 3.54. The van der Waals surface area contributed by atoms with E-state index in [0.717, 1.165) is 23.7 Å². The Hall–Kier alpha value is -1.82. The number of nitrogens with one attached hydrogen (secondary N) is 1. The number of aromatic nitrogens is 1. The van der Waals surface area contributed by atoms with Crippen molar-refractivity contribution in [1.82, 2.24) is 9.88 Å². The molecule has 0 amide bonds. The Morgan fingerprint density at radius 1 is 1.07 bits per heavy atom. The average Bonchev–Trinajstić information content (AvgIpc) is 3.13. The molecule has 0 unspecified atom stereocenters. The second kappa shape index (κ2) is 9.59. The van der Waals surface area contributed by atoms with Gasteiger partial charge in [-0.05, 0) is 67.5 Å². The van der Waals surface area contributed by atoms with Crippen molar-refractivity contribution in [1.29, 1.82) is 0 Å². The van der Waals surface area contributed by atoms with Crippen molar-refractivity contribution in [2.24, 2.45) is 0 Å². The van der Waals surface area contributed by atoms with Crippen molar-refractivity contribution in [2.45, 2.75) is 31.1 Å². The largest absolute Gasteiger partial charge is 0.361 e. The third-order valence-electron chi connectivity index (χ3n) is 5.05. The number of hydrogen-bond acceptors (Lipinski definition) is 5. The maximum absolute atomic E-state index is 4.64. The number of benzene rings is 2. The van der Waals surface area contributed by atoms with Crippen LogP contribution in [0.3, 0.4) is 0 Å². The summed E-state index contributed by atoms with van der Waals surface area (Å²) in [4.78, 5) is 10.1. The Balaban J connectivity index is 1.18. The normalized spacial score (nSPS) is 15.3. The van der Waals surface area contributed by atoms with E-state index in [1.165, 1.54) is 47.5 Å². The number of rotatable bonds is 8. The van der Waals surface area contributed by atoms with Gasteiger partial charge in [-0.15, -0.1) is 0 Å². The fourth-order valence-corrected chi connectivity index (χ4v) is 5.44. The minimum Gasteiger partial charge on any atom is -0.361 e.